The Morgan fingerprint density at radius 3 is 2.57 bits per heavy atom. The SMILES string of the molecule is O=C(CN1CCN(C(=O)CC[C@H]2NC(=O)NC2=O)CC1)Nc1cccc(F)c1. The van der Waals surface area contributed by atoms with Crippen LogP contribution in [-0.4, -0.2) is 72.3 Å². The molecule has 2 aliphatic heterocycles. The summed E-state index contributed by atoms with van der Waals surface area (Å²) in [6.45, 7) is 2.21. The van der Waals surface area contributed by atoms with E-state index in [9.17, 15) is 23.6 Å². The molecular weight excluding hydrogens is 369 g/mol. The lowest BCUT2D eigenvalue weighted by molar-refractivity contribution is -0.133. The molecule has 3 N–H and O–H groups in total. The van der Waals surface area contributed by atoms with Crippen LogP contribution >= 0.6 is 0 Å². The Morgan fingerprint density at radius 1 is 1.18 bits per heavy atom. The van der Waals surface area contributed by atoms with Gasteiger partial charge in [-0.3, -0.25) is 24.6 Å². The van der Waals surface area contributed by atoms with E-state index in [1.807, 2.05) is 4.90 Å². The van der Waals surface area contributed by atoms with Crippen LogP contribution in [0.15, 0.2) is 24.3 Å². The molecule has 1 aromatic carbocycles. The van der Waals surface area contributed by atoms with Crippen molar-refractivity contribution in [1.29, 1.82) is 0 Å². The van der Waals surface area contributed by atoms with Gasteiger partial charge in [0.15, 0.2) is 0 Å². The van der Waals surface area contributed by atoms with E-state index in [-0.39, 0.29) is 31.2 Å². The summed E-state index contributed by atoms with van der Waals surface area (Å²) in [7, 11) is 0. The van der Waals surface area contributed by atoms with Gasteiger partial charge in [-0.15, -0.1) is 0 Å². The molecule has 1 atom stereocenters. The molecule has 0 unspecified atom stereocenters. The average molecular weight is 391 g/mol. The van der Waals surface area contributed by atoms with Crippen LogP contribution in [0.4, 0.5) is 14.9 Å². The molecule has 1 aromatic rings. The highest BCUT2D eigenvalue weighted by Gasteiger charge is 2.30. The Bertz CT molecular complexity index is 779. The van der Waals surface area contributed by atoms with E-state index in [1.54, 1.807) is 11.0 Å². The molecule has 0 bridgehead atoms. The van der Waals surface area contributed by atoms with Crippen molar-refractivity contribution in [2.45, 2.75) is 18.9 Å². The average Bonchev–Trinajstić information content (AvgIpc) is 2.97. The first-order valence-corrected chi connectivity index (χ1v) is 9.07. The van der Waals surface area contributed by atoms with Crippen molar-refractivity contribution in [2.24, 2.45) is 0 Å². The van der Waals surface area contributed by atoms with Gasteiger partial charge in [0.1, 0.15) is 11.9 Å². The fraction of sp³-hybridized carbons (Fsp3) is 0.444. The fourth-order valence-corrected chi connectivity index (χ4v) is 3.21. The van der Waals surface area contributed by atoms with Gasteiger partial charge in [0, 0.05) is 38.3 Å². The van der Waals surface area contributed by atoms with Gasteiger partial charge in [0.25, 0.3) is 5.91 Å². The Morgan fingerprint density at radius 2 is 1.93 bits per heavy atom. The van der Waals surface area contributed by atoms with E-state index < -0.39 is 23.8 Å². The van der Waals surface area contributed by atoms with Crippen molar-refractivity contribution in [3.05, 3.63) is 30.1 Å². The summed E-state index contributed by atoms with van der Waals surface area (Å²) in [5.41, 5.74) is 0.404. The minimum absolute atomic E-state index is 0.0854. The minimum atomic E-state index is -0.663. The normalized spacial score (nSPS) is 19.9. The van der Waals surface area contributed by atoms with E-state index in [0.717, 1.165) is 0 Å². The van der Waals surface area contributed by atoms with E-state index in [1.165, 1.54) is 18.2 Å². The number of rotatable bonds is 6. The summed E-state index contributed by atoms with van der Waals surface area (Å²) in [5, 5.41) is 7.25. The number of carbonyl (C=O) groups is 4. The van der Waals surface area contributed by atoms with E-state index in [0.29, 0.717) is 31.9 Å². The minimum Gasteiger partial charge on any atom is -0.340 e. The summed E-state index contributed by atoms with van der Waals surface area (Å²) in [5.74, 6) is -1.15. The van der Waals surface area contributed by atoms with Gasteiger partial charge >= 0.3 is 6.03 Å². The zero-order valence-electron chi connectivity index (χ0n) is 15.2. The first kappa shape index (κ1) is 19.7. The van der Waals surface area contributed by atoms with Crippen LogP contribution in [0.25, 0.3) is 0 Å². The first-order valence-electron chi connectivity index (χ1n) is 9.07. The van der Waals surface area contributed by atoms with Gasteiger partial charge in [0.2, 0.25) is 11.8 Å². The molecule has 28 heavy (non-hydrogen) atoms. The molecular formula is C18H22FN5O4. The van der Waals surface area contributed by atoms with Gasteiger partial charge in [-0.1, -0.05) is 6.07 Å². The van der Waals surface area contributed by atoms with Crippen molar-refractivity contribution < 1.29 is 23.6 Å². The maximum Gasteiger partial charge on any atom is 0.322 e. The van der Waals surface area contributed by atoms with E-state index >= 15 is 0 Å². The van der Waals surface area contributed by atoms with Crippen LogP contribution < -0.4 is 16.0 Å². The summed E-state index contributed by atoms with van der Waals surface area (Å²) in [6, 6.07) is 4.50. The van der Waals surface area contributed by atoms with Crippen molar-refractivity contribution >= 4 is 29.4 Å². The zero-order chi connectivity index (χ0) is 20.1. The van der Waals surface area contributed by atoms with Crippen LogP contribution in [-0.2, 0) is 14.4 Å². The van der Waals surface area contributed by atoms with Crippen molar-refractivity contribution in [3.63, 3.8) is 0 Å². The number of halogens is 1. The lowest BCUT2D eigenvalue weighted by Gasteiger charge is -2.34. The number of anilines is 1. The second-order valence-corrected chi connectivity index (χ2v) is 6.77. The maximum atomic E-state index is 13.2. The van der Waals surface area contributed by atoms with Crippen LogP contribution in [0, 0.1) is 5.82 Å². The molecule has 10 heteroatoms. The van der Waals surface area contributed by atoms with Crippen LogP contribution in [0.1, 0.15) is 12.8 Å². The van der Waals surface area contributed by atoms with Crippen molar-refractivity contribution in [1.82, 2.24) is 20.4 Å². The molecule has 5 amide bonds. The number of urea groups is 1. The largest absolute Gasteiger partial charge is 0.340 e. The number of benzene rings is 1. The molecule has 2 saturated heterocycles. The van der Waals surface area contributed by atoms with Gasteiger partial charge in [-0.05, 0) is 24.6 Å². The first-order chi connectivity index (χ1) is 13.4. The molecule has 0 radical (unpaired) electrons. The van der Waals surface area contributed by atoms with E-state index in [2.05, 4.69) is 16.0 Å². The highest BCUT2D eigenvalue weighted by molar-refractivity contribution is 6.04. The molecule has 9 nitrogen and oxygen atoms in total. The predicted octanol–water partition coefficient (Wildman–Crippen LogP) is -0.103. The summed E-state index contributed by atoms with van der Waals surface area (Å²) in [6.07, 6.45) is 0.422. The standard InChI is InChI=1S/C18H22FN5O4/c19-12-2-1-3-13(10-12)20-15(25)11-23-6-8-24(9-7-23)16(26)5-4-14-17(27)22-18(28)21-14/h1-3,10,14H,4-9,11H2,(H,20,25)(H2,21,22,27,28)/t14-/m1/s1. The molecule has 0 spiro atoms. The molecule has 150 valence electrons. The summed E-state index contributed by atoms with van der Waals surface area (Å²) in [4.78, 5) is 50.5. The van der Waals surface area contributed by atoms with Crippen molar-refractivity contribution in [3.8, 4) is 0 Å². The number of amides is 5. The lowest BCUT2D eigenvalue weighted by Crippen LogP contribution is -2.50. The number of carbonyl (C=O) groups excluding carboxylic acids is 4. The monoisotopic (exact) mass is 391 g/mol. The fourth-order valence-electron chi connectivity index (χ4n) is 3.21. The third-order valence-corrected chi connectivity index (χ3v) is 4.71. The highest BCUT2D eigenvalue weighted by Crippen LogP contribution is 2.11. The van der Waals surface area contributed by atoms with Crippen LogP contribution in [0.3, 0.4) is 0 Å². The third-order valence-electron chi connectivity index (χ3n) is 4.71. The topological polar surface area (TPSA) is 111 Å². The second kappa shape index (κ2) is 8.79. The molecule has 3 rings (SSSR count). The molecule has 2 fully saturated rings. The molecule has 0 aromatic heterocycles. The number of nitrogens with zero attached hydrogens (tertiary/aromatic N) is 2. The predicted molar refractivity (Wildman–Crippen MR) is 97.7 cm³/mol. The molecule has 2 aliphatic rings. The number of hydrogen-bond donors (Lipinski definition) is 3. The van der Waals surface area contributed by atoms with Crippen LogP contribution in [0.5, 0.6) is 0 Å². The number of nitrogens with one attached hydrogen (secondary N) is 3. The number of piperazine rings is 1. The zero-order valence-corrected chi connectivity index (χ0v) is 15.2. The quantitative estimate of drug-likeness (QED) is 0.587. The van der Waals surface area contributed by atoms with Gasteiger partial charge in [0.05, 0.1) is 6.54 Å². The molecule has 2 heterocycles. The van der Waals surface area contributed by atoms with E-state index in [4.69, 9.17) is 0 Å². The summed E-state index contributed by atoms with van der Waals surface area (Å²) >= 11 is 0. The third kappa shape index (κ3) is 5.26. The Hall–Kier alpha value is -3.01. The van der Waals surface area contributed by atoms with Crippen molar-refractivity contribution in [2.75, 3.05) is 38.0 Å². The van der Waals surface area contributed by atoms with Gasteiger partial charge in [-0.25, -0.2) is 9.18 Å². The maximum absolute atomic E-state index is 13.2. The highest BCUT2D eigenvalue weighted by atomic mass is 19.1. The second-order valence-electron chi connectivity index (χ2n) is 6.77. The Balaban J connectivity index is 1.38. The van der Waals surface area contributed by atoms with Gasteiger partial charge in [-0.2, -0.15) is 0 Å². The van der Waals surface area contributed by atoms with Gasteiger partial charge < -0.3 is 15.5 Å². The summed E-state index contributed by atoms with van der Waals surface area (Å²) < 4.78 is 13.2. The van der Waals surface area contributed by atoms with Crippen LogP contribution in [0.2, 0.25) is 0 Å². The Labute approximate surface area is 161 Å². The smallest absolute Gasteiger partial charge is 0.322 e. The molecule has 0 aliphatic carbocycles. The Kier molecular flexibility index (Phi) is 6.19. The number of imide groups is 1. The molecule has 0 saturated carbocycles. The number of hydrogen-bond acceptors (Lipinski definition) is 5. The lowest BCUT2D eigenvalue weighted by atomic mass is 10.1.